The van der Waals surface area contributed by atoms with Crippen molar-refractivity contribution < 1.29 is 9.76 Å². The van der Waals surface area contributed by atoms with E-state index in [0.717, 1.165) is 31.6 Å². The third-order valence-corrected chi connectivity index (χ3v) is 4.40. The Morgan fingerprint density at radius 3 is 2.67 bits per heavy atom. The van der Waals surface area contributed by atoms with Crippen molar-refractivity contribution >= 4 is 7.05 Å². The maximum atomic E-state index is 9.63. The molecule has 2 aliphatic rings. The van der Waals surface area contributed by atoms with Gasteiger partial charge in [0.1, 0.15) is 5.60 Å². The molecule has 0 aliphatic carbocycles. The van der Waals surface area contributed by atoms with Gasteiger partial charge in [0.2, 0.25) is 0 Å². The van der Waals surface area contributed by atoms with Gasteiger partial charge in [-0.3, -0.25) is 4.68 Å². The molecule has 1 spiro atoms. The molecule has 0 bridgehead atoms. The normalized spacial score (nSPS) is 22.4. The zero-order chi connectivity index (χ0) is 12.9. The predicted molar refractivity (Wildman–Crippen MR) is 69.1 cm³/mol. The molecule has 0 amide bonds. The quantitative estimate of drug-likeness (QED) is 0.743. The van der Waals surface area contributed by atoms with Crippen molar-refractivity contribution in [3.63, 3.8) is 0 Å². The number of nitrogens with zero attached hydrogens (tertiary/aromatic N) is 3. The summed E-state index contributed by atoms with van der Waals surface area (Å²) in [6.45, 7) is 6.31. The molecule has 0 aromatic carbocycles. The van der Waals surface area contributed by atoms with Gasteiger partial charge >= 0.3 is 7.05 Å². The Hall–Kier alpha value is -0.845. The molecule has 3 rings (SSSR count). The van der Waals surface area contributed by atoms with E-state index in [1.807, 2.05) is 25.5 Å². The Kier molecular flexibility index (Phi) is 2.77. The molecule has 1 fully saturated rings. The van der Waals surface area contributed by atoms with E-state index in [0.29, 0.717) is 6.61 Å². The Morgan fingerprint density at radius 1 is 1.39 bits per heavy atom. The molecule has 0 saturated carbocycles. The van der Waals surface area contributed by atoms with Crippen molar-refractivity contribution in [2.45, 2.75) is 38.8 Å². The van der Waals surface area contributed by atoms with Gasteiger partial charge in [-0.1, -0.05) is 0 Å². The molecule has 98 valence electrons. The van der Waals surface area contributed by atoms with E-state index >= 15 is 0 Å². The lowest BCUT2D eigenvalue weighted by molar-refractivity contribution is -0.0757. The van der Waals surface area contributed by atoms with Crippen molar-refractivity contribution in [3.05, 3.63) is 17.0 Å². The first kappa shape index (κ1) is 12.2. The minimum absolute atomic E-state index is 0.170. The van der Waals surface area contributed by atoms with Crippen LogP contribution >= 0.6 is 0 Å². The zero-order valence-corrected chi connectivity index (χ0v) is 11.3. The second-order valence-corrected chi connectivity index (χ2v) is 5.49. The van der Waals surface area contributed by atoms with Crippen molar-refractivity contribution in [2.24, 2.45) is 7.05 Å². The Morgan fingerprint density at radius 2 is 2.06 bits per heavy atom. The highest BCUT2D eigenvalue weighted by Gasteiger charge is 2.46. The van der Waals surface area contributed by atoms with E-state index in [1.54, 1.807) is 0 Å². The van der Waals surface area contributed by atoms with Crippen LogP contribution in [-0.2, 0) is 24.0 Å². The minimum atomic E-state index is -0.364. The summed E-state index contributed by atoms with van der Waals surface area (Å²) in [5.74, 6) is 0. The van der Waals surface area contributed by atoms with Gasteiger partial charge in [0.15, 0.2) is 0 Å². The van der Waals surface area contributed by atoms with Crippen molar-refractivity contribution in [1.82, 2.24) is 14.6 Å². The van der Waals surface area contributed by atoms with E-state index in [2.05, 4.69) is 9.91 Å². The van der Waals surface area contributed by atoms with E-state index in [4.69, 9.17) is 4.74 Å². The van der Waals surface area contributed by atoms with Gasteiger partial charge in [-0.25, -0.2) is 0 Å². The summed E-state index contributed by atoms with van der Waals surface area (Å²) in [5, 5.41) is 14.1. The van der Waals surface area contributed by atoms with Crippen LogP contribution in [0, 0.1) is 6.92 Å². The summed E-state index contributed by atoms with van der Waals surface area (Å²) in [6.07, 6.45) is 1.87. The van der Waals surface area contributed by atoms with Crippen LogP contribution in [-0.4, -0.2) is 39.8 Å². The smallest absolute Gasteiger partial charge is 0.376 e. The van der Waals surface area contributed by atoms with Crippen LogP contribution in [0.15, 0.2) is 0 Å². The SMILES string of the molecule is CB(O)N1CCC2(CC1)OCc1c(C)nn(C)c12. The summed E-state index contributed by atoms with van der Waals surface area (Å²) in [6, 6.07) is 0. The van der Waals surface area contributed by atoms with Crippen molar-refractivity contribution in [1.29, 1.82) is 0 Å². The number of hydrogen-bond donors (Lipinski definition) is 1. The number of aryl methyl sites for hydroxylation is 2. The maximum absolute atomic E-state index is 9.63. The van der Waals surface area contributed by atoms with E-state index in [-0.39, 0.29) is 12.7 Å². The highest BCUT2D eigenvalue weighted by atomic mass is 16.5. The topological polar surface area (TPSA) is 50.5 Å². The van der Waals surface area contributed by atoms with Crippen LogP contribution in [0.3, 0.4) is 0 Å². The molecular formula is C12H20BN3O2. The summed E-state index contributed by atoms with van der Waals surface area (Å²) in [5.41, 5.74) is 3.44. The lowest BCUT2D eigenvalue weighted by Crippen LogP contribution is -2.48. The molecule has 2 aliphatic heterocycles. The molecule has 3 heterocycles. The van der Waals surface area contributed by atoms with Gasteiger partial charge in [0.05, 0.1) is 18.0 Å². The first-order valence-electron chi connectivity index (χ1n) is 6.62. The molecule has 18 heavy (non-hydrogen) atoms. The summed E-state index contributed by atoms with van der Waals surface area (Å²) in [4.78, 5) is 2.09. The third kappa shape index (κ3) is 1.63. The minimum Gasteiger partial charge on any atom is -0.437 e. The van der Waals surface area contributed by atoms with Crippen LogP contribution in [0.25, 0.3) is 0 Å². The lowest BCUT2D eigenvalue weighted by atomic mass is 9.78. The first-order chi connectivity index (χ1) is 8.53. The molecule has 6 heteroatoms. The van der Waals surface area contributed by atoms with Gasteiger partial charge in [0, 0.05) is 12.6 Å². The second kappa shape index (κ2) is 4.08. The van der Waals surface area contributed by atoms with Gasteiger partial charge in [0.25, 0.3) is 0 Å². The Balaban J connectivity index is 1.88. The molecule has 0 atom stereocenters. The fourth-order valence-electron chi connectivity index (χ4n) is 3.36. The fraction of sp³-hybridized carbons (Fsp3) is 0.750. The average Bonchev–Trinajstić information content (AvgIpc) is 2.82. The Labute approximate surface area is 108 Å². The standard InChI is InChI=1S/C12H20BN3O2/c1-9-10-8-18-12(11(10)15(3)14-9)4-6-16(7-5-12)13(2)17/h17H,4-8H2,1-3H3. The number of rotatable bonds is 1. The summed E-state index contributed by atoms with van der Waals surface area (Å²) >= 11 is 0. The molecule has 5 nitrogen and oxygen atoms in total. The summed E-state index contributed by atoms with van der Waals surface area (Å²) < 4.78 is 8.09. The number of hydrogen-bond acceptors (Lipinski definition) is 4. The maximum Gasteiger partial charge on any atom is 0.376 e. The monoisotopic (exact) mass is 249 g/mol. The van der Waals surface area contributed by atoms with E-state index in [9.17, 15) is 5.02 Å². The molecule has 0 unspecified atom stereocenters. The van der Waals surface area contributed by atoms with Crippen LogP contribution in [0.5, 0.6) is 0 Å². The van der Waals surface area contributed by atoms with Gasteiger partial charge in [-0.15, -0.1) is 0 Å². The zero-order valence-electron chi connectivity index (χ0n) is 11.3. The third-order valence-electron chi connectivity index (χ3n) is 4.40. The van der Waals surface area contributed by atoms with Crippen LogP contribution in [0.4, 0.5) is 0 Å². The summed E-state index contributed by atoms with van der Waals surface area (Å²) in [7, 11) is 1.64. The molecule has 1 saturated heterocycles. The fourth-order valence-corrected chi connectivity index (χ4v) is 3.36. The van der Waals surface area contributed by atoms with E-state index < -0.39 is 0 Å². The molecule has 0 radical (unpaired) electrons. The lowest BCUT2D eigenvalue weighted by Gasteiger charge is -2.39. The molecular weight excluding hydrogens is 229 g/mol. The molecule has 1 aromatic rings. The number of piperidine rings is 1. The second-order valence-electron chi connectivity index (χ2n) is 5.49. The number of fused-ring (bicyclic) bond motifs is 2. The van der Waals surface area contributed by atoms with Gasteiger partial charge in [-0.2, -0.15) is 5.10 Å². The molecule has 1 aromatic heterocycles. The van der Waals surface area contributed by atoms with Crippen molar-refractivity contribution in [3.8, 4) is 0 Å². The largest absolute Gasteiger partial charge is 0.437 e. The van der Waals surface area contributed by atoms with Crippen LogP contribution in [0.2, 0.25) is 6.82 Å². The highest BCUT2D eigenvalue weighted by molar-refractivity contribution is 6.45. The molecule has 1 N–H and O–H groups in total. The number of ether oxygens (including phenoxy) is 1. The Bertz CT molecular complexity index is 464. The van der Waals surface area contributed by atoms with Gasteiger partial charge < -0.3 is 14.6 Å². The average molecular weight is 249 g/mol. The van der Waals surface area contributed by atoms with Crippen molar-refractivity contribution in [2.75, 3.05) is 13.1 Å². The van der Waals surface area contributed by atoms with E-state index in [1.165, 1.54) is 11.3 Å². The predicted octanol–water partition coefficient (Wildman–Crippen LogP) is 0.660. The number of aromatic nitrogens is 2. The van der Waals surface area contributed by atoms with Crippen LogP contribution < -0.4 is 0 Å². The van der Waals surface area contributed by atoms with Crippen LogP contribution in [0.1, 0.15) is 29.8 Å². The first-order valence-corrected chi connectivity index (χ1v) is 6.62. The van der Waals surface area contributed by atoms with Gasteiger partial charge in [-0.05, 0) is 39.7 Å². The highest BCUT2D eigenvalue weighted by Crippen LogP contribution is 2.44.